The zero-order chi connectivity index (χ0) is 19.9. The molecule has 0 unspecified atom stereocenters. The Morgan fingerprint density at radius 3 is 2.56 bits per heavy atom. The minimum absolute atomic E-state index is 0.123. The number of carbonyl (C=O) groups excluding carboxylic acids is 1. The molecule has 2 rings (SSSR count). The second-order valence-electron chi connectivity index (χ2n) is 6.48. The van der Waals surface area contributed by atoms with Gasteiger partial charge in [-0.15, -0.1) is 0 Å². The van der Waals surface area contributed by atoms with Gasteiger partial charge in [0.05, 0.1) is 33.2 Å². The van der Waals surface area contributed by atoms with Gasteiger partial charge < -0.3 is 9.47 Å². The van der Waals surface area contributed by atoms with Crippen molar-refractivity contribution in [2.75, 3.05) is 27.0 Å². The average molecular weight is 397 g/mol. The minimum Gasteiger partial charge on any atom is -0.493 e. The van der Waals surface area contributed by atoms with Gasteiger partial charge in [0.15, 0.2) is 11.5 Å². The van der Waals surface area contributed by atoms with Gasteiger partial charge in [0.2, 0.25) is 10.0 Å². The number of para-hydroxylation sites is 1. The molecule has 8 nitrogen and oxygen atoms in total. The van der Waals surface area contributed by atoms with E-state index in [1.165, 1.54) is 24.7 Å². The third kappa shape index (κ3) is 5.93. The Labute approximate surface area is 160 Å². The lowest BCUT2D eigenvalue weighted by Gasteiger charge is -2.31. The van der Waals surface area contributed by atoms with E-state index in [4.69, 9.17) is 9.47 Å². The molecule has 0 aromatic heterocycles. The van der Waals surface area contributed by atoms with Gasteiger partial charge in [-0.1, -0.05) is 25.3 Å². The Bertz CT molecular complexity index is 773. The highest BCUT2D eigenvalue weighted by molar-refractivity contribution is 7.88. The number of rotatable bonds is 8. The molecule has 1 aromatic rings. The summed E-state index contributed by atoms with van der Waals surface area (Å²) in [6.07, 6.45) is 7.20. The summed E-state index contributed by atoms with van der Waals surface area (Å²) in [5.41, 5.74) is 3.02. The van der Waals surface area contributed by atoms with Crippen LogP contribution in [0.1, 0.15) is 37.7 Å². The molecule has 150 valence electrons. The number of nitrogens with zero attached hydrogens (tertiary/aromatic N) is 2. The Hall–Kier alpha value is -2.13. The van der Waals surface area contributed by atoms with Crippen LogP contribution < -0.4 is 14.9 Å². The van der Waals surface area contributed by atoms with E-state index in [-0.39, 0.29) is 12.6 Å². The molecule has 1 saturated carbocycles. The van der Waals surface area contributed by atoms with Crippen molar-refractivity contribution in [3.63, 3.8) is 0 Å². The second-order valence-corrected chi connectivity index (χ2v) is 8.41. The Kier molecular flexibility index (Phi) is 7.61. The van der Waals surface area contributed by atoms with Crippen LogP contribution >= 0.6 is 0 Å². The Morgan fingerprint density at radius 2 is 1.96 bits per heavy atom. The van der Waals surface area contributed by atoms with Gasteiger partial charge in [-0.2, -0.15) is 9.41 Å². The summed E-state index contributed by atoms with van der Waals surface area (Å²) >= 11 is 0. The number of hydrogen-bond acceptors (Lipinski definition) is 6. The fourth-order valence-electron chi connectivity index (χ4n) is 3.25. The largest absolute Gasteiger partial charge is 0.493 e. The van der Waals surface area contributed by atoms with Crippen LogP contribution in [-0.4, -0.2) is 57.9 Å². The number of hydrogen-bond donors (Lipinski definition) is 1. The number of ether oxygens (including phenoxy) is 2. The van der Waals surface area contributed by atoms with Crippen LogP contribution in [0.4, 0.5) is 0 Å². The quantitative estimate of drug-likeness (QED) is 0.532. The van der Waals surface area contributed by atoms with Crippen molar-refractivity contribution in [2.45, 2.75) is 38.1 Å². The maximum Gasteiger partial charge on any atom is 0.255 e. The summed E-state index contributed by atoms with van der Waals surface area (Å²) in [4.78, 5) is 12.2. The van der Waals surface area contributed by atoms with Crippen molar-refractivity contribution in [1.82, 2.24) is 9.73 Å². The van der Waals surface area contributed by atoms with Crippen LogP contribution in [0.25, 0.3) is 0 Å². The van der Waals surface area contributed by atoms with Gasteiger partial charge in [-0.3, -0.25) is 4.79 Å². The molecule has 1 aliphatic carbocycles. The SMILES string of the molecule is COc1cccc(C=NNC(=O)CN(C2CCCCC2)S(C)(=O)=O)c1OC. The van der Waals surface area contributed by atoms with E-state index in [0.29, 0.717) is 17.1 Å². The molecule has 0 saturated heterocycles. The Balaban J connectivity index is 2.03. The van der Waals surface area contributed by atoms with Crippen molar-refractivity contribution in [1.29, 1.82) is 0 Å². The zero-order valence-corrected chi connectivity index (χ0v) is 16.8. The molecule has 1 fully saturated rings. The molecule has 1 N–H and O–H groups in total. The van der Waals surface area contributed by atoms with Crippen molar-refractivity contribution in [3.05, 3.63) is 23.8 Å². The van der Waals surface area contributed by atoms with Crippen molar-refractivity contribution >= 4 is 22.1 Å². The highest BCUT2D eigenvalue weighted by Crippen LogP contribution is 2.29. The van der Waals surface area contributed by atoms with E-state index in [9.17, 15) is 13.2 Å². The van der Waals surface area contributed by atoms with Gasteiger partial charge >= 0.3 is 0 Å². The topological polar surface area (TPSA) is 97.3 Å². The maximum absolute atomic E-state index is 12.2. The molecule has 0 bridgehead atoms. The highest BCUT2D eigenvalue weighted by Gasteiger charge is 2.29. The minimum atomic E-state index is -3.47. The zero-order valence-electron chi connectivity index (χ0n) is 16.0. The molecule has 1 aliphatic rings. The summed E-state index contributed by atoms with van der Waals surface area (Å²) in [7, 11) is -0.423. The van der Waals surface area contributed by atoms with Crippen LogP contribution in [0.3, 0.4) is 0 Å². The van der Waals surface area contributed by atoms with E-state index < -0.39 is 15.9 Å². The van der Waals surface area contributed by atoms with E-state index in [2.05, 4.69) is 10.5 Å². The molecular formula is C18H27N3O5S. The number of amides is 1. The monoisotopic (exact) mass is 397 g/mol. The molecule has 9 heteroatoms. The summed E-state index contributed by atoms with van der Waals surface area (Å²) < 4.78 is 36.0. The Morgan fingerprint density at radius 1 is 1.26 bits per heavy atom. The first-order valence-electron chi connectivity index (χ1n) is 8.86. The third-order valence-corrected chi connectivity index (χ3v) is 5.81. The van der Waals surface area contributed by atoms with Gasteiger partial charge in [-0.05, 0) is 25.0 Å². The lowest BCUT2D eigenvalue weighted by atomic mass is 9.95. The van der Waals surface area contributed by atoms with E-state index in [1.807, 2.05) is 0 Å². The predicted molar refractivity (Wildman–Crippen MR) is 104 cm³/mol. The lowest BCUT2D eigenvalue weighted by molar-refractivity contribution is -0.121. The molecule has 0 radical (unpaired) electrons. The normalized spacial score (nSPS) is 15.9. The average Bonchev–Trinajstić information content (AvgIpc) is 2.65. The molecular weight excluding hydrogens is 370 g/mol. The van der Waals surface area contributed by atoms with Gasteiger partial charge in [0.25, 0.3) is 5.91 Å². The number of hydrazone groups is 1. The van der Waals surface area contributed by atoms with E-state index in [0.717, 1.165) is 38.4 Å². The van der Waals surface area contributed by atoms with E-state index >= 15 is 0 Å². The molecule has 0 spiro atoms. The van der Waals surface area contributed by atoms with Gasteiger partial charge in [0.1, 0.15) is 0 Å². The van der Waals surface area contributed by atoms with Crippen LogP contribution in [0.15, 0.2) is 23.3 Å². The predicted octanol–water partition coefficient (Wildman–Crippen LogP) is 1.75. The first-order valence-corrected chi connectivity index (χ1v) is 10.7. The fourth-order valence-corrected chi connectivity index (χ4v) is 4.35. The third-order valence-electron chi connectivity index (χ3n) is 4.53. The summed E-state index contributed by atoms with van der Waals surface area (Å²) in [5, 5.41) is 3.92. The molecule has 0 heterocycles. The van der Waals surface area contributed by atoms with Crippen molar-refractivity contribution in [2.24, 2.45) is 5.10 Å². The van der Waals surface area contributed by atoms with Gasteiger partial charge in [0, 0.05) is 11.6 Å². The number of sulfonamides is 1. The standard InChI is InChI=1S/C18H27N3O5S/c1-25-16-11-7-8-14(18(16)26-2)12-19-20-17(22)13-21(27(3,23)24)15-9-5-4-6-10-15/h7-8,11-12,15H,4-6,9-10,13H2,1-3H3,(H,20,22). The summed E-state index contributed by atoms with van der Waals surface area (Å²) in [6, 6.07) is 5.17. The van der Waals surface area contributed by atoms with E-state index in [1.54, 1.807) is 18.2 Å². The fraction of sp³-hybridized carbons (Fsp3) is 0.556. The summed E-state index contributed by atoms with van der Waals surface area (Å²) in [5.74, 6) is 0.565. The molecule has 0 aliphatic heterocycles. The number of carbonyl (C=O) groups is 1. The molecule has 27 heavy (non-hydrogen) atoms. The number of benzene rings is 1. The lowest BCUT2D eigenvalue weighted by Crippen LogP contribution is -2.45. The van der Waals surface area contributed by atoms with Crippen LogP contribution in [0.2, 0.25) is 0 Å². The first kappa shape index (κ1) is 21.2. The highest BCUT2D eigenvalue weighted by atomic mass is 32.2. The van der Waals surface area contributed by atoms with Crippen LogP contribution in [0, 0.1) is 0 Å². The molecule has 1 amide bonds. The molecule has 0 atom stereocenters. The van der Waals surface area contributed by atoms with Crippen LogP contribution in [-0.2, 0) is 14.8 Å². The number of methoxy groups -OCH3 is 2. The maximum atomic E-state index is 12.2. The van der Waals surface area contributed by atoms with Crippen molar-refractivity contribution in [3.8, 4) is 11.5 Å². The number of nitrogens with one attached hydrogen (secondary N) is 1. The first-order chi connectivity index (χ1) is 12.9. The smallest absolute Gasteiger partial charge is 0.255 e. The van der Waals surface area contributed by atoms with Crippen LogP contribution in [0.5, 0.6) is 11.5 Å². The molecule has 1 aromatic carbocycles. The van der Waals surface area contributed by atoms with Gasteiger partial charge in [-0.25, -0.2) is 13.8 Å². The summed E-state index contributed by atoms with van der Waals surface area (Å²) in [6.45, 7) is -0.240. The second kappa shape index (κ2) is 9.70. The van der Waals surface area contributed by atoms with Crippen molar-refractivity contribution < 1.29 is 22.7 Å².